The molecule has 9 nitrogen and oxygen atoms in total. The van der Waals surface area contributed by atoms with E-state index in [0.717, 1.165) is 0 Å². The minimum absolute atomic E-state index is 0.0741. The first-order chi connectivity index (χ1) is 13.9. The number of aromatic nitrogens is 3. The Labute approximate surface area is 169 Å². The zero-order valence-electron chi connectivity index (χ0n) is 16.3. The number of aryl methyl sites for hydroxylation is 1. The third-order valence-corrected chi connectivity index (χ3v) is 4.83. The Bertz CT molecular complexity index is 910. The molecule has 0 spiro atoms. The second-order valence-electron chi connectivity index (χ2n) is 6.87. The first-order valence-electron chi connectivity index (χ1n) is 9.41. The summed E-state index contributed by atoms with van der Waals surface area (Å²) in [7, 11) is 0. The van der Waals surface area contributed by atoms with E-state index in [1.54, 1.807) is 25.3 Å². The highest BCUT2D eigenvalue weighted by Crippen LogP contribution is 2.29. The third kappa shape index (κ3) is 4.74. The van der Waals surface area contributed by atoms with Gasteiger partial charge in [-0.3, -0.25) is 0 Å². The summed E-state index contributed by atoms with van der Waals surface area (Å²) >= 11 is 0. The van der Waals surface area contributed by atoms with Gasteiger partial charge in [-0.05, 0) is 26.3 Å². The molecule has 0 unspecified atom stereocenters. The molecule has 2 heterocycles. The van der Waals surface area contributed by atoms with Gasteiger partial charge in [0.25, 0.3) is 0 Å². The van der Waals surface area contributed by atoms with Gasteiger partial charge in [0.05, 0.1) is 30.0 Å². The minimum atomic E-state index is -1.04. The number of aliphatic hydroxyl groups excluding tert-OH is 3. The van der Waals surface area contributed by atoms with Crippen LogP contribution in [0, 0.1) is 24.7 Å². The van der Waals surface area contributed by atoms with Crippen LogP contribution >= 0.6 is 0 Å². The van der Waals surface area contributed by atoms with Gasteiger partial charge in [0.15, 0.2) is 0 Å². The molecule has 0 amide bonds. The molecule has 3 rings (SSSR count). The molecule has 0 bridgehead atoms. The Balaban J connectivity index is 1.87. The van der Waals surface area contributed by atoms with Crippen molar-refractivity contribution in [1.29, 1.82) is 0 Å². The van der Waals surface area contributed by atoms with Crippen molar-refractivity contribution in [2.45, 2.75) is 38.5 Å². The number of hydrogen-bond donors (Lipinski definition) is 5. The van der Waals surface area contributed by atoms with Crippen LogP contribution in [0.3, 0.4) is 0 Å². The quantitative estimate of drug-likeness (QED) is 0.441. The molecule has 0 saturated heterocycles. The van der Waals surface area contributed by atoms with E-state index in [0.29, 0.717) is 41.5 Å². The Hall–Kier alpha value is -2.93. The lowest BCUT2D eigenvalue weighted by Crippen LogP contribution is -2.36. The van der Waals surface area contributed by atoms with Crippen molar-refractivity contribution >= 4 is 11.8 Å². The molecule has 1 fully saturated rings. The Kier molecular flexibility index (Phi) is 6.49. The van der Waals surface area contributed by atoms with Crippen LogP contribution in [0.15, 0.2) is 18.3 Å². The van der Waals surface area contributed by atoms with E-state index in [1.165, 1.54) is 0 Å². The number of rotatable bonds is 5. The van der Waals surface area contributed by atoms with Crippen molar-refractivity contribution in [3.63, 3.8) is 0 Å². The number of pyridine rings is 1. The van der Waals surface area contributed by atoms with Crippen LogP contribution < -0.4 is 15.8 Å². The molecule has 29 heavy (non-hydrogen) atoms. The van der Waals surface area contributed by atoms with E-state index in [2.05, 4.69) is 32.1 Å². The lowest BCUT2D eigenvalue weighted by Gasteiger charge is -2.20. The number of nitrogen functional groups attached to an aromatic ring is 1. The van der Waals surface area contributed by atoms with Gasteiger partial charge in [-0.25, -0.2) is 9.97 Å². The standard InChI is InChI=1S/C20H25N5O4/c1-3-29-16-7-5-12(9-22-16)4-6-14-11(2)23-20(21)25-19(14)24-15-8-13(10-26)17(27)18(15)28/h5,7,9,13,15,17-18,26-28H,3,8,10H2,1-2H3,(H3,21,23,24,25)/t13-,15-,17-,18+/m0/s1. The summed E-state index contributed by atoms with van der Waals surface area (Å²) in [6, 6.07) is 3.04. The predicted octanol–water partition coefficient (Wildman–Crippen LogP) is 0.0752. The van der Waals surface area contributed by atoms with Gasteiger partial charge in [0, 0.05) is 30.4 Å². The van der Waals surface area contributed by atoms with Crippen molar-refractivity contribution < 1.29 is 20.1 Å². The molecule has 1 saturated carbocycles. The monoisotopic (exact) mass is 399 g/mol. The van der Waals surface area contributed by atoms with Crippen molar-refractivity contribution in [3.8, 4) is 17.7 Å². The molecule has 4 atom stereocenters. The lowest BCUT2D eigenvalue weighted by molar-refractivity contribution is 0.00445. The number of aliphatic hydroxyl groups is 3. The second kappa shape index (κ2) is 9.05. The largest absolute Gasteiger partial charge is 0.478 e. The molecule has 1 aliphatic rings. The van der Waals surface area contributed by atoms with Crippen LogP contribution in [0.1, 0.15) is 30.2 Å². The van der Waals surface area contributed by atoms with Crippen LogP contribution in [0.5, 0.6) is 5.88 Å². The molecule has 2 aromatic rings. The van der Waals surface area contributed by atoms with E-state index in [-0.39, 0.29) is 12.6 Å². The molecule has 6 N–H and O–H groups in total. The second-order valence-corrected chi connectivity index (χ2v) is 6.87. The molecule has 2 aromatic heterocycles. The summed E-state index contributed by atoms with van der Waals surface area (Å²) in [5.41, 5.74) is 7.58. The average Bonchev–Trinajstić information content (AvgIpc) is 2.96. The smallest absolute Gasteiger partial charge is 0.222 e. The van der Waals surface area contributed by atoms with E-state index in [4.69, 9.17) is 10.5 Å². The SMILES string of the molecule is CCOc1ccc(C#Cc2c(C)nc(N)nc2N[C@H]2C[C@@H](CO)[C@H](O)[C@@H]2O)cn1. The van der Waals surface area contributed by atoms with Crippen LogP contribution in [-0.4, -0.2) is 61.7 Å². The summed E-state index contributed by atoms with van der Waals surface area (Å²) in [6.45, 7) is 3.98. The Morgan fingerprint density at radius 1 is 1.24 bits per heavy atom. The van der Waals surface area contributed by atoms with Crippen molar-refractivity contribution in [1.82, 2.24) is 15.0 Å². The summed E-state index contributed by atoms with van der Waals surface area (Å²) in [5.74, 6) is 6.61. The van der Waals surface area contributed by atoms with Crippen LogP contribution in [0.2, 0.25) is 0 Å². The average molecular weight is 399 g/mol. The molecule has 0 aromatic carbocycles. The van der Waals surface area contributed by atoms with Gasteiger partial charge in [0.2, 0.25) is 11.8 Å². The minimum Gasteiger partial charge on any atom is -0.478 e. The fourth-order valence-electron chi connectivity index (χ4n) is 3.30. The number of anilines is 2. The number of nitrogens with zero attached hydrogens (tertiary/aromatic N) is 3. The predicted molar refractivity (Wildman–Crippen MR) is 107 cm³/mol. The summed E-state index contributed by atoms with van der Waals surface area (Å²) in [4.78, 5) is 12.6. The third-order valence-electron chi connectivity index (χ3n) is 4.83. The number of nitrogens with two attached hydrogens (primary N) is 1. The van der Waals surface area contributed by atoms with Crippen LogP contribution in [0.4, 0.5) is 11.8 Å². The summed E-state index contributed by atoms with van der Waals surface area (Å²) in [5, 5.41) is 32.8. The molecular formula is C20H25N5O4. The Morgan fingerprint density at radius 3 is 2.66 bits per heavy atom. The van der Waals surface area contributed by atoms with Gasteiger partial charge >= 0.3 is 0 Å². The van der Waals surface area contributed by atoms with Crippen LogP contribution in [-0.2, 0) is 0 Å². The zero-order chi connectivity index (χ0) is 21.0. The number of hydrogen-bond acceptors (Lipinski definition) is 9. The molecule has 0 radical (unpaired) electrons. The molecule has 0 aliphatic heterocycles. The highest BCUT2D eigenvalue weighted by molar-refractivity contribution is 5.60. The highest BCUT2D eigenvalue weighted by atomic mass is 16.5. The zero-order valence-corrected chi connectivity index (χ0v) is 16.3. The van der Waals surface area contributed by atoms with Gasteiger partial charge in [-0.15, -0.1) is 0 Å². The maximum Gasteiger partial charge on any atom is 0.222 e. The van der Waals surface area contributed by atoms with E-state index < -0.39 is 24.2 Å². The van der Waals surface area contributed by atoms with E-state index in [1.807, 2.05) is 6.92 Å². The van der Waals surface area contributed by atoms with Crippen molar-refractivity contribution in [2.75, 3.05) is 24.3 Å². The van der Waals surface area contributed by atoms with Gasteiger partial charge in [-0.2, -0.15) is 4.98 Å². The first-order valence-corrected chi connectivity index (χ1v) is 9.41. The van der Waals surface area contributed by atoms with E-state index in [9.17, 15) is 15.3 Å². The number of nitrogens with one attached hydrogen (secondary N) is 1. The van der Waals surface area contributed by atoms with E-state index >= 15 is 0 Å². The normalized spacial score (nSPS) is 23.3. The summed E-state index contributed by atoms with van der Waals surface area (Å²) in [6.07, 6.45) is -0.0547. The lowest BCUT2D eigenvalue weighted by atomic mass is 10.1. The molecular weight excluding hydrogens is 374 g/mol. The van der Waals surface area contributed by atoms with Gasteiger partial charge in [-0.1, -0.05) is 11.8 Å². The first kappa shape index (κ1) is 20.8. The summed E-state index contributed by atoms with van der Waals surface area (Å²) < 4.78 is 5.32. The molecule has 1 aliphatic carbocycles. The van der Waals surface area contributed by atoms with Crippen molar-refractivity contribution in [2.24, 2.45) is 5.92 Å². The fourth-order valence-corrected chi connectivity index (χ4v) is 3.30. The Morgan fingerprint density at radius 2 is 2.03 bits per heavy atom. The van der Waals surface area contributed by atoms with Crippen molar-refractivity contribution in [3.05, 3.63) is 35.2 Å². The maximum atomic E-state index is 10.3. The van der Waals surface area contributed by atoms with Gasteiger partial charge < -0.3 is 31.1 Å². The molecule has 9 heteroatoms. The van der Waals surface area contributed by atoms with Gasteiger partial charge in [0.1, 0.15) is 11.9 Å². The van der Waals surface area contributed by atoms with Crippen LogP contribution in [0.25, 0.3) is 0 Å². The highest BCUT2D eigenvalue weighted by Gasteiger charge is 2.41. The topological polar surface area (TPSA) is 147 Å². The number of ether oxygens (including phenoxy) is 1. The maximum absolute atomic E-state index is 10.3. The fraction of sp³-hybridized carbons (Fsp3) is 0.450. The molecule has 154 valence electrons.